The van der Waals surface area contributed by atoms with E-state index in [4.69, 9.17) is 17.0 Å². The van der Waals surface area contributed by atoms with Gasteiger partial charge >= 0.3 is 37.9 Å². The first kappa shape index (κ1) is 17.4. The van der Waals surface area contributed by atoms with Gasteiger partial charge in [0.25, 0.3) is 0 Å². The first-order chi connectivity index (χ1) is 9.65. The molecule has 0 heterocycles. The zero-order valence-electron chi connectivity index (χ0n) is 11.3. The molecule has 0 spiro atoms. The van der Waals surface area contributed by atoms with E-state index in [1.165, 1.54) is 0 Å². The molecule has 0 saturated heterocycles. The van der Waals surface area contributed by atoms with Crippen molar-refractivity contribution in [2.45, 2.75) is 6.92 Å². The second kappa shape index (κ2) is 9.34. The second-order valence-corrected chi connectivity index (χ2v) is 7.75. The molecule has 0 atom stereocenters. The summed E-state index contributed by atoms with van der Waals surface area (Å²) in [5.74, 6) is 0.293. The fourth-order valence-electron chi connectivity index (χ4n) is 1.85. The molecule has 0 unspecified atom stereocenters. The summed E-state index contributed by atoms with van der Waals surface area (Å²) in [6, 6.07) is 13.8. The van der Waals surface area contributed by atoms with Gasteiger partial charge in [-0.2, -0.15) is 0 Å². The van der Waals surface area contributed by atoms with E-state index in [1.54, 1.807) is 13.3 Å². The van der Waals surface area contributed by atoms with Crippen LogP contribution in [0.4, 0.5) is 0 Å². The van der Waals surface area contributed by atoms with Crippen molar-refractivity contribution < 1.29 is 26.0 Å². The third-order valence-electron chi connectivity index (χ3n) is 2.78. The van der Waals surface area contributed by atoms with E-state index in [1.807, 2.05) is 49.4 Å². The number of aliphatic imine (C=N–C) groups is 1. The first-order valence-electron chi connectivity index (χ1n) is 5.92. The number of phenolic OH excluding ortho intramolecular Hbond substituents is 1. The summed E-state index contributed by atoms with van der Waals surface area (Å²) in [4.78, 5) is 3.98. The minimum absolute atomic E-state index is 0.293. The average molecular weight is 387 g/mol. The maximum absolute atomic E-state index is 10.3. The number of halogens is 2. The molecule has 5 heteroatoms. The van der Waals surface area contributed by atoms with E-state index in [-0.39, 0.29) is 0 Å². The van der Waals surface area contributed by atoms with Crippen LogP contribution in [0.25, 0.3) is 11.1 Å². The zero-order chi connectivity index (χ0) is 15.0. The number of hydrogen-bond donors (Lipinski definition) is 1. The van der Waals surface area contributed by atoms with Crippen molar-refractivity contribution in [3.8, 4) is 16.9 Å². The number of benzene rings is 2. The number of aromatic hydroxyl groups is 1. The summed E-state index contributed by atoms with van der Waals surface area (Å²) in [6.45, 7) is 1.96. The summed E-state index contributed by atoms with van der Waals surface area (Å²) in [7, 11) is 11.6. The van der Waals surface area contributed by atoms with Crippen LogP contribution in [0, 0.1) is 6.92 Å². The van der Waals surface area contributed by atoms with Gasteiger partial charge in [0.2, 0.25) is 0 Å². The molecule has 0 aliphatic carbocycles. The molecule has 0 saturated carbocycles. The van der Waals surface area contributed by atoms with Crippen molar-refractivity contribution in [3.63, 3.8) is 0 Å². The molecular formula is C15H15Cl2NOZr. The standard InChI is InChI=1S/C15H15NO.2ClH.Zr/c1-11-8-9-13(12-6-4-3-5-7-12)15(17)14(11)10-16-2;;;/h3-10,17H,1-2H3;2*1H;/q;;;+2/p-2. The molecular weight excluding hydrogens is 372 g/mol. The topological polar surface area (TPSA) is 32.6 Å². The predicted octanol–water partition coefficient (Wildman–Crippen LogP) is 4.79. The Bertz CT molecular complexity index is 574. The molecule has 2 aromatic carbocycles. The maximum atomic E-state index is 10.3. The van der Waals surface area contributed by atoms with Gasteiger partial charge in [-0.05, 0) is 18.1 Å². The van der Waals surface area contributed by atoms with E-state index in [0.717, 1.165) is 22.3 Å². The van der Waals surface area contributed by atoms with Gasteiger partial charge in [0.1, 0.15) is 5.75 Å². The summed E-state index contributed by atoms with van der Waals surface area (Å²) >= 11 is -0.826. The number of rotatable bonds is 2. The van der Waals surface area contributed by atoms with Gasteiger partial charge in [-0.3, -0.25) is 4.99 Å². The molecule has 0 radical (unpaired) electrons. The third-order valence-corrected chi connectivity index (χ3v) is 2.78. The fraction of sp³-hybridized carbons (Fsp3) is 0.133. The van der Waals surface area contributed by atoms with Gasteiger partial charge in [0, 0.05) is 24.4 Å². The summed E-state index contributed by atoms with van der Waals surface area (Å²) in [5, 5.41) is 10.3. The number of aryl methyl sites for hydroxylation is 1. The average Bonchev–Trinajstić information content (AvgIpc) is 2.45. The number of phenols is 1. The molecule has 0 aromatic heterocycles. The fourth-order valence-corrected chi connectivity index (χ4v) is 1.85. The quantitative estimate of drug-likeness (QED) is 0.738. The van der Waals surface area contributed by atoms with Gasteiger partial charge in [-0.15, -0.1) is 0 Å². The van der Waals surface area contributed by atoms with Crippen LogP contribution in [0.5, 0.6) is 5.75 Å². The van der Waals surface area contributed by atoms with Crippen LogP contribution in [0.3, 0.4) is 0 Å². The van der Waals surface area contributed by atoms with Gasteiger partial charge in [-0.25, -0.2) is 0 Å². The Kier molecular flexibility index (Phi) is 8.13. The minimum atomic E-state index is -0.826. The molecule has 2 aromatic rings. The van der Waals surface area contributed by atoms with Crippen molar-refractivity contribution in [1.29, 1.82) is 0 Å². The molecule has 0 aliphatic rings. The normalized spacial score (nSPS) is 10.0. The van der Waals surface area contributed by atoms with Crippen LogP contribution in [0.1, 0.15) is 11.1 Å². The third kappa shape index (κ3) is 4.73. The van der Waals surface area contributed by atoms with Crippen LogP contribution >= 0.6 is 17.0 Å². The number of nitrogens with zero attached hydrogens (tertiary/aromatic N) is 1. The van der Waals surface area contributed by atoms with Gasteiger partial charge in [0.15, 0.2) is 0 Å². The summed E-state index contributed by atoms with van der Waals surface area (Å²) < 4.78 is 0. The number of hydrogen-bond acceptors (Lipinski definition) is 2. The second-order valence-electron chi connectivity index (χ2n) is 4.02. The molecule has 1 N–H and O–H groups in total. The monoisotopic (exact) mass is 385 g/mol. The van der Waals surface area contributed by atoms with E-state index in [0.29, 0.717) is 5.75 Å². The van der Waals surface area contributed by atoms with Crippen molar-refractivity contribution in [1.82, 2.24) is 0 Å². The van der Waals surface area contributed by atoms with Gasteiger partial charge < -0.3 is 5.11 Å². The van der Waals surface area contributed by atoms with E-state index < -0.39 is 20.8 Å². The van der Waals surface area contributed by atoms with Crippen LogP contribution < -0.4 is 0 Å². The molecule has 0 amide bonds. The molecule has 0 bridgehead atoms. The van der Waals surface area contributed by atoms with Crippen LogP contribution in [0.2, 0.25) is 0 Å². The van der Waals surface area contributed by atoms with E-state index in [9.17, 15) is 5.11 Å². The van der Waals surface area contributed by atoms with E-state index >= 15 is 0 Å². The Morgan fingerprint density at radius 1 is 1.10 bits per heavy atom. The van der Waals surface area contributed by atoms with Crippen molar-refractivity contribution in [3.05, 3.63) is 53.6 Å². The summed E-state index contributed by atoms with van der Waals surface area (Å²) in [5.41, 5.74) is 3.66. The molecule has 2 nitrogen and oxygen atoms in total. The Hall–Kier alpha value is -0.627. The summed E-state index contributed by atoms with van der Waals surface area (Å²) in [6.07, 6.45) is 1.69. The molecule has 0 fully saturated rings. The van der Waals surface area contributed by atoms with Crippen molar-refractivity contribution in [2.24, 2.45) is 4.99 Å². The molecule has 0 aliphatic heterocycles. The molecule has 20 heavy (non-hydrogen) atoms. The Labute approximate surface area is 138 Å². The Balaban J connectivity index is 0.000000612. The van der Waals surface area contributed by atoms with Gasteiger partial charge in [-0.1, -0.05) is 42.5 Å². The van der Waals surface area contributed by atoms with Gasteiger partial charge in [0.05, 0.1) is 0 Å². The van der Waals surface area contributed by atoms with Crippen LogP contribution in [-0.4, -0.2) is 18.4 Å². The predicted molar refractivity (Wildman–Crippen MR) is 83.5 cm³/mol. The van der Waals surface area contributed by atoms with Crippen LogP contribution in [-0.2, 0) is 20.8 Å². The Morgan fingerprint density at radius 2 is 1.70 bits per heavy atom. The van der Waals surface area contributed by atoms with Crippen LogP contribution in [0.15, 0.2) is 47.5 Å². The van der Waals surface area contributed by atoms with Crippen molar-refractivity contribution in [2.75, 3.05) is 7.05 Å². The first-order valence-corrected chi connectivity index (χ1v) is 12.2. The molecule has 104 valence electrons. The molecule has 2 rings (SSSR count). The zero-order valence-corrected chi connectivity index (χ0v) is 15.2. The van der Waals surface area contributed by atoms with Crippen molar-refractivity contribution >= 4 is 23.2 Å². The Morgan fingerprint density at radius 3 is 2.25 bits per heavy atom. The van der Waals surface area contributed by atoms with E-state index in [2.05, 4.69) is 4.99 Å². The SMILES string of the molecule is CN=Cc1c(C)ccc(-c2ccccc2)c1O.[Cl][Zr][Cl].